The zero-order valence-electron chi connectivity index (χ0n) is 34.4. The maximum atomic E-state index is 12.2. The van der Waals surface area contributed by atoms with Crippen molar-refractivity contribution in [3.05, 3.63) is 36.5 Å². The van der Waals surface area contributed by atoms with Gasteiger partial charge in [0.05, 0.1) is 12.7 Å². The summed E-state index contributed by atoms with van der Waals surface area (Å²) in [5, 5.41) is 19.6. The summed E-state index contributed by atoms with van der Waals surface area (Å²) in [6.45, 7) is 6.34. The van der Waals surface area contributed by atoms with Gasteiger partial charge in [0.25, 0.3) is 0 Å². The molecule has 3 atom stereocenters. The van der Waals surface area contributed by atoms with Gasteiger partial charge in [-0.05, 0) is 38.0 Å². The molecule has 0 heterocycles. The summed E-state index contributed by atoms with van der Waals surface area (Å²) in [4.78, 5) is 24.3. The Morgan fingerprint density at radius 3 is 1.52 bits per heavy atom. The van der Waals surface area contributed by atoms with Gasteiger partial charge in [0, 0.05) is 12.8 Å². The fourth-order valence-electron chi connectivity index (χ4n) is 6.36. The Kier molecular flexibility index (Phi) is 38.8. The van der Waals surface area contributed by atoms with Crippen LogP contribution in [-0.4, -0.2) is 47.6 Å². The van der Waals surface area contributed by atoms with Crippen molar-refractivity contribution in [2.45, 2.75) is 226 Å². The molecule has 0 amide bonds. The van der Waals surface area contributed by atoms with Gasteiger partial charge in [-0.1, -0.05) is 205 Å². The van der Waals surface area contributed by atoms with Gasteiger partial charge in [0.15, 0.2) is 6.10 Å². The standard InChI is InChI=1S/C46H84O6/c1-4-6-7-8-21-26-31-36-43(48)37-32-27-24-29-34-39-46(50)52-44(40-47)41-51-45(49)38-33-28-23-20-18-16-14-12-10-9-11-13-15-17-19-22-25-30-35-42(3)5-2/h6-7,21,26,31,36,42-44,47-48H,4-5,8-20,22-25,27-30,32-35,37-41H2,1-3H3/b7-6+,26-21+,36-31+/t42?,43?,44-/m0/s1. The monoisotopic (exact) mass is 733 g/mol. The predicted octanol–water partition coefficient (Wildman–Crippen LogP) is 12.8. The van der Waals surface area contributed by atoms with Crippen LogP contribution < -0.4 is 0 Å². The maximum absolute atomic E-state index is 12.2. The number of carbonyl (C=O) groups excluding carboxylic acids is 2. The summed E-state index contributed by atoms with van der Waals surface area (Å²) in [5.74, 6) is 0.250. The molecule has 304 valence electrons. The first-order valence-corrected chi connectivity index (χ1v) is 22.0. The lowest BCUT2D eigenvalue weighted by Crippen LogP contribution is -2.28. The minimum Gasteiger partial charge on any atom is -0.462 e. The molecule has 0 aliphatic rings. The Morgan fingerprint density at radius 2 is 1.04 bits per heavy atom. The molecule has 0 aliphatic carbocycles. The van der Waals surface area contributed by atoms with Crippen molar-refractivity contribution in [3.8, 4) is 0 Å². The van der Waals surface area contributed by atoms with Gasteiger partial charge < -0.3 is 19.7 Å². The van der Waals surface area contributed by atoms with Gasteiger partial charge in [-0.25, -0.2) is 0 Å². The summed E-state index contributed by atoms with van der Waals surface area (Å²) >= 11 is 0. The van der Waals surface area contributed by atoms with Crippen LogP contribution in [0.1, 0.15) is 213 Å². The fourth-order valence-corrected chi connectivity index (χ4v) is 6.36. The van der Waals surface area contributed by atoms with Crippen molar-refractivity contribution >= 4 is 11.9 Å². The van der Waals surface area contributed by atoms with Crippen molar-refractivity contribution in [1.82, 2.24) is 0 Å². The van der Waals surface area contributed by atoms with Crippen LogP contribution in [0.4, 0.5) is 0 Å². The minimum atomic E-state index is -0.808. The predicted molar refractivity (Wildman–Crippen MR) is 220 cm³/mol. The maximum Gasteiger partial charge on any atom is 0.306 e. The number of rotatable bonds is 39. The van der Waals surface area contributed by atoms with Crippen LogP contribution in [0.2, 0.25) is 0 Å². The number of carbonyl (C=O) groups is 2. The molecular weight excluding hydrogens is 648 g/mol. The molecule has 0 saturated carbocycles. The highest BCUT2D eigenvalue weighted by Crippen LogP contribution is 2.17. The van der Waals surface area contributed by atoms with E-state index in [1.54, 1.807) is 0 Å². The van der Waals surface area contributed by atoms with E-state index >= 15 is 0 Å². The second kappa shape index (κ2) is 40.3. The number of ether oxygens (including phenoxy) is 2. The summed E-state index contributed by atoms with van der Waals surface area (Å²) < 4.78 is 10.6. The van der Waals surface area contributed by atoms with Crippen molar-refractivity contribution in [2.75, 3.05) is 13.2 Å². The minimum absolute atomic E-state index is 0.0950. The number of hydrogen-bond donors (Lipinski definition) is 2. The lowest BCUT2D eigenvalue weighted by atomic mass is 9.99. The molecule has 0 rings (SSSR count). The van der Waals surface area contributed by atoms with Gasteiger partial charge in [-0.3, -0.25) is 9.59 Å². The molecule has 0 aromatic heterocycles. The number of allylic oxidation sites excluding steroid dienone is 5. The van der Waals surface area contributed by atoms with Crippen LogP contribution in [0.15, 0.2) is 36.5 Å². The first-order chi connectivity index (χ1) is 25.4. The Balaban J connectivity index is 3.56. The number of unbranched alkanes of at least 4 members (excludes halogenated alkanes) is 21. The highest BCUT2D eigenvalue weighted by molar-refractivity contribution is 5.70. The average Bonchev–Trinajstić information content (AvgIpc) is 3.14. The quantitative estimate of drug-likeness (QED) is 0.0283. The molecule has 2 N–H and O–H groups in total. The van der Waals surface area contributed by atoms with Crippen LogP contribution in [0.25, 0.3) is 0 Å². The van der Waals surface area contributed by atoms with Gasteiger partial charge in [-0.15, -0.1) is 0 Å². The van der Waals surface area contributed by atoms with Crippen LogP contribution in [-0.2, 0) is 19.1 Å². The normalized spacial score (nSPS) is 13.7. The number of aliphatic hydroxyl groups excluding tert-OH is 2. The van der Waals surface area contributed by atoms with Gasteiger partial charge in [0.2, 0.25) is 0 Å². The van der Waals surface area contributed by atoms with Crippen LogP contribution >= 0.6 is 0 Å². The third kappa shape index (κ3) is 37.8. The van der Waals surface area contributed by atoms with E-state index in [1.807, 2.05) is 18.2 Å². The molecule has 52 heavy (non-hydrogen) atoms. The molecule has 0 aromatic carbocycles. The first kappa shape index (κ1) is 50.1. The smallest absolute Gasteiger partial charge is 0.306 e. The topological polar surface area (TPSA) is 93.1 Å². The first-order valence-electron chi connectivity index (χ1n) is 22.0. The van der Waals surface area contributed by atoms with E-state index in [0.717, 1.165) is 76.5 Å². The van der Waals surface area contributed by atoms with E-state index in [0.29, 0.717) is 6.42 Å². The second-order valence-corrected chi connectivity index (χ2v) is 15.2. The Morgan fingerprint density at radius 1 is 0.577 bits per heavy atom. The summed E-state index contributed by atoms with van der Waals surface area (Å²) in [7, 11) is 0. The highest BCUT2D eigenvalue weighted by Gasteiger charge is 2.16. The van der Waals surface area contributed by atoms with Gasteiger partial charge in [-0.2, -0.15) is 0 Å². The molecule has 0 fully saturated rings. The number of aliphatic hydroxyl groups is 2. The molecule has 0 aliphatic heterocycles. The number of esters is 2. The summed E-state index contributed by atoms with van der Waals surface area (Å²) in [6, 6.07) is 0. The average molecular weight is 733 g/mol. The lowest BCUT2D eigenvalue weighted by Gasteiger charge is -2.15. The summed E-state index contributed by atoms with van der Waals surface area (Å²) in [5.41, 5.74) is 0. The third-order valence-corrected chi connectivity index (χ3v) is 10.1. The van der Waals surface area contributed by atoms with E-state index < -0.39 is 12.2 Å². The zero-order valence-corrected chi connectivity index (χ0v) is 34.4. The molecular formula is C46H84O6. The Bertz CT molecular complexity index is 865. The van der Waals surface area contributed by atoms with Crippen molar-refractivity contribution in [1.29, 1.82) is 0 Å². The zero-order chi connectivity index (χ0) is 38.2. The van der Waals surface area contributed by atoms with Crippen molar-refractivity contribution in [3.63, 3.8) is 0 Å². The summed E-state index contributed by atoms with van der Waals surface area (Å²) in [6.07, 6.45) is 45.2. The Labute approximate surface area is 321 Å². The highest BCUT2D eigenvalue weighted by atomic mass is 16.6. The molecule has 0 bridgehead atoms. The molecule has 6 nitrogen and oxygen atoms in total. The van der Waals surface area contributed by atoms with Crippen LogP contribution in [0, 0.1) is 5.92 Å². The van der Waals surface area contributed by atoms with Crippen molar-refractivity contribution in [2.24, 2.45) is 5.92 Å². The molecule has 0 saturated heterocycles. The van der Waals surface area contributed by atoms with Gasteiger partial charge >= 0.3 is 11.9 Å². The van der Waals surface area contributed by atoms with E-state index in [9.17, 15) is 19.8 Å². The molecule has 0 spiro atoms. The van der Waals surface area contributed by atoms with Crippen molar-refractivity contribution < 1.29 is 29.3 Å². The SMILES string of the molecule is CC/C=C/C/C=C/C=C/C(O)CCCCCCCC(=O)O[C@@H](CO)COC(=O)CCCCCCCCCCCCCCCCCCCCC(C)CC. The van der Waals surface area contributed by atoms with Crippen LogP contribution in [0.5, 0.6) is 0 Å². The largest absolute Gasteiger partial charge is 0.462 e. The van der Waals surface area contributed by atoms with E-state index in [-0.39, 0.29) is 31.6 Å². The number of hydrogen-bond acceptors (Lipinski definition) is 6. The lowest BCUT2D eigenvalue weighted by molar-refractivity contribution is -0.161. The van der Waals surface area contributed by atoms with Crippen LogP contribution in [0.3, 0.4) is 0 Å². The Hall–Kier alpha value is -1.92. The fraction of sp³-hybridized carbons (Fsp3) is 0.826. The molecule has 0 aromatic rings. The third-order valence-electron chi connectivity index (χ3n) is 10.1. The molecule has 2 unspecified atom stereocenters. The van der Waals surface area contributed by atoms with Gasteiger partial charge in [0.1, 0.15) is 6.61 Å². The second-order valence-electron chi connectivity index (χ2n) is 15.2. The molecule has 0 radical (unpaired) electrons. The van der Waals surface area contributed by atoms with E-state index in [2.05, 4.69) is 39.0 Å². The van der Waals surface area contributed by atoms with E-state index in [1.165, 1.54) is 109 Å². The van der Waals surface area contributed by atoms with E-state index in [4.69, 9.17) is 9.47 Å². The molecule has 6 heteroatoms.